The van der Waals surface area contributed by atoms with E-state index in [9.17, 15) is 0 Å². The second kappa shape index (κ2) is 5.95. The first-order valence-corrected chi connectivity index (χ1v) is 5.20. The number of benzene rings is 1. The number of halogens is 1. The SMILES string of the molecule is COCc1ccc(NCC(C)O)c(Cl)c1. The zero-order chi connectivity index (χ0) is 11.3. The molecule has 1 unspecified atom stereocenters. The minimum Gasteiger partial charge on any atom is -0.392 e. The van der Waals surface area contributed by atoms with E-state index in [-0.39, 0.29) is 6.10 Å². The first kappa shape index (κ1) is 12.3. The Labute approximate surface area is 95.0 Å². The fraction of sp³-hybridized carbons (Fsp3) is 0.455. The van der Waals surface area contributed by atoms with Gasteiger partial charge in [-0.25, -0.2) is 0 Å². The maximum absolute atomic E-state index is 9.12. The third-order valence-corrected chi connectivity index (χ3v) is 2.25. The number of anilines is 1. The molecule has 0 aliphatic carbocycles. The lowest BCUT2D eigenvalue weighted by atomic mass is 10.2. The summed E-state index contributed by atoms with van der Waals surface area (Å²) in [4.78, 5) is 0. The van der Waals surface area contributed by atoms with E-state index in [0.717, 1.165) is 11.3 Å². The standard InChI is InChI=1S/C11H16ClNO2/c1-8(14)6-13-11-4-3-9(7-15-2)5-10(11)12/h3-5,8,13-14H,6-7H2,1-2H3. The second-order valence-corrected chi connectivity index (χ2v) is 3.88. The topological polar surface area (TPSA) is 41.5 Å². The van der Waals surface area contributed by atoms with Crippen LogP contribution in [-0.2, 0) is 11.3 Å². The zero-order valence-electron chi connectivity index (χ0n) is 8.96. The number of hydrogen-bond acceptors (Lipinski definition) is 3. The molecule has 0 saturated heterocycles. The van der Waals surface area contributed by atoms with E-state index >= 15 is 0 Å². The Bertz CT molecular complexity index is 315. The van der Waals surface area contributed by atoms with E-state index in [2.05, 4.69) is 5.32 Å². The van der Waals surface area contributed by atoms with Gasteiger partial charge < -0.3 is 15.2 Å². The van der Waals surface area contributed by atoms with Crippen LogP contribution in [0.15, 0.2) is 18.2 Å². The van der Waals surface area contributed by atoms with Crippen molar-refractivity contribution >= 4 is 17.3 Å². The molecule has 4 heteroatoms. The number of aliphatic hydroxyl groups is 1. The Morgan fingerprint density at radius 1 is 1.53 bits per heavy atom. The minimum atomic E-state index is -0.389. The van der Waals surface area contributed by atoms with Gasteiger partial charge in [0.1, 0.15) is 0 Å². The van der Waals surface area contributed by atoms with E-state index in [4.69, 9.17) is 21.4 Å². The van der Waals surface area contributed by atoms with Crippen LogP contribution in [0.1, 0.15) is 12.5 Å². The molecule has 1 atom stereocenters. The summed E-state index contributed by atoms with van der Waals surface area (Å²) in [6.07, 6.45) is -0.389. The Morgan fingerprint density at radius 2 is 2.27 bits per heavy atom. The molecule has 0 spiro atoms. The van der Waals surface area contributed by atoms with Crippen LogP contribution in [0.3, 0.4) is 0 Å². The summed E-state index contributed by atoms with van der Waals surface area (Å²) in [5.41, 5.74) is 1.86. The lowest BCUT2D eigenvalue weighted by Gasteiger charge is -2.11. The summed E-state index contributed by atoms with van der Waals surface area (Å²) in [5.74, 6) is 0. The molecule has 84 valence electrons. The lowest BCUT2D eigenvalue weighted by Crippen LogP contribution is -2.15. The molecular weight excluding hydrogens is 214 g/mol. The van der Waals surface area contributed by atoms with E-state index in [1.807, 2.05) is 18.2 Å². The molecule has 15 heavy (non-hydrogen) atoms. The molecule has 1 aromatic rings. The predicted octanol–water partition coefficient (Wildman–Crippen LogP) is 2.28. The minimum absolute atomic E-state index is 0.389. The zero-order valence-corrected chi connectivity index (χ0v) is 9.71. The van der Waals surface area contributed by atoms with Gasteiger partial charge in [0, 0.05) is 13.7 Å². The van der Waals surface area contributed by atoms with Gasteiger partial charge in [-0.15, -0.1) is 0 Å². The van der Waals surface area contributed by atoms with Crippen LogP contribution < -0.4 is 5.32 Å². The third kappa shape index (κ3) is 4.08. The summed E-state index contributed by atoms with van der Waals surface area (Å²) >= 11 is 6.05. The van der Waals surface area contributed by atoms with Crippen molar-refractivity contribution in [2.24, 2.45) is 0 Å². The van der Waals surface area contributed by atoms with Gasteiger partial charge in [-0.3, -0.25) is 0 Å². The number of rotatable bonds is 5. The fourth-order valence-electron chi connectivity index (χ4n) is 1.22. The fourth-order valence-corrected chi connectivity index (χ4v) is 1.49. The largest absolute Gasteiger partial charge is 0.392 e. The van der Waals surface area contributed by atoms with Crippen LogP contribution in [0.5, 0.6) is 0 Å². The number of nitrogens with one attached hydrogen (secondary N) is 1. The molecule has 3 nitrogen and oxygen atoms in total. The highest BCUT2D eigenvalue weighted by Gasteiger charge is 2.02. The van der Waals surface area contributed by atoms with Crippen molar-refractivity contribution in [3.8, 4) is 0 Å². The number of hydrogen-bond donors (Lipinski definition) is 2. The van der Waals surface area contributed by atoms with Crippen molar-refractivity contribution in [1.29, 1.82) is 0 Å². The van der Waals surface area contributed by atoms with Gasteiger partial charge in [0.05, 0.1) is 23.4 Å². The van der Waals surface area contributed by atoms with Crippen LogP contribution in [-0.4, -0.2) is 24.9 Å². The smallest absolute Gasteiger partial charge is 0.0713 e. The summed E-state index contributed by atoms with van der Waals surface area (Å²) in [5, 5.41) is 12.8. The first-order valence-electron chi connectivity index (χ1n) is 4.82. The molecule has 0 aliphatic heterocycles. The molecule has 0 amide bonds. The highest BCUT2D eigenvalue weighted by atomic mass is 35.5. The molecule has 0 bridgehead atoms. The first-order chi connectivity index (χ1) is 7.13. The van der Waals surface area contributed by atoms with E-state index < -0.39 is 0 Å². The molecule has 1 rings (SSSR count). The van der Waals surface area contributed by atoms with Crippen LogP contribution >= 0.6 is 11.6 Å². The Hall–Kier alpha value is -0.770. The Morgan fingerprint density at radius 3 is 2.80 bits per heavy atom. The van der Waals surface area contributed by atoms with Crippen molar-refractivity contribution in [1.82, 2.24) is 0 Å². The highest BCUT2D eigenvalue weighted by molar-refractivity contribution is 6.33. The molecule has 2 N–H and O–H groups in total. The van der Waals surface area contributed by atoms with Crippen LogP contribution in [0.25, 0.3) is 0 Å². The van der Waals surface area contributed by atoms with Gasteiger partial charge >= 0.3 is 0 Å². The molecule has 0 aromatic heterocycles. The number of aliphatic hydroxyl groups excluding tert-OH is 1. The van der Waals surface area contributed by atoms with Crippen molar-refractivity contribution < 1.29 is 9.84 Å². The molecule has 0 aliphatic rings. The van der Waals surface area contributed by atoms with Gasteiger partial charge in [0.15, 0.2) is 0 Å². The van der Waals surface area contributed by atoms with Crippen molar-refractivity contribution in [3.05, 3.63) is 28.8 Å². The molecule has 0 saturated carbocycles. The Kier molecular flexibility index (Phi) is 4.88. The summed E-state index contributed by atoms with van der Waals surface area (Å²) in [6.45, 7) is 2.76. The number of ether oxygens (including phenoxy) is 1. The number of methoxy groups -OCH3 is 1. The third-order valence-electron chi connectivity index (χ3n) is 1.93. The molecule has 0 heterocycles. The van der Waals surface area contributed by atoms with Gasteiger partial charge in [0.2, 0.25) is 0 Å². The molecule has 1 aromatic carbocycles. The lowest BCUT2D eigenvalue weighted by molar-refractivity contribution is 0.185. The molecule has 0 radical (unpaired) electrons. The summed E-state index contributed by atoms with van der Waals surface area (Å²) < 4.78 is 5.00. The Balaban J connectivity index is 2.66. The van der Waals surface area contributed by atoms with Crippen molar-refractivity contribution in [2.75, 3.05) is 19.0 Å². The van der Waals surface area contributed by atoms with Gasteiger partial charge in [0.25, 0.3) is 0 Å². The summed E-state index contributed by atoms with van der Waals surface area (Å²) in [6, 6.07) is 5.69. The van der Waals surface area contributed by atoms with Crippen LogP contribution in [0.2, 0.25) is 5.02 Å². The maximum Gasteiger partial charge on any atom is 0.0713 e. The normalized spacial score (nSPS) is 12.5. The quantitative estimate of drug-likeness (QED) is 0.814. The molecular formula is C11H16ClNO2. The van der Waals surface area contributed by atoms with Gasteiger partial charge in [-0.1, -0.05) is 17.7 Å². The second-order valence-electron chi connectivity index (χ2n) is 3.48. The molecule has 0 fully saturated rings. The average Bonchev–Trinajstić information content (AvgIpc) is 2.17. The van der Waals surface area contributed by atoms with Gasteiger partial charge in [-0.05, 0) is 24.6 Å². The van der Waals surface area contributed by atoms with Crippen LogP contribution in [0.4, 0.5) is 5.69 Å². The van der Waals surface area contributed by atoms with E-state index in [0.29, 0.717) is 18.2 Å². The maximum atomic E-state index is 9.12. The highest BCUT2D eigenvalue weighted by Crippen LogP contribution is 2.23. The average molecular weight is 230 g/mol. The summed E-state index contributed by atoms with van der Waals surface area (Å²) in [7, 11) is 1.65. The van der Waals surface area contributed by atoms with E-state index in [1.54, 1.807) is 14.0 Å². The van der Waals surface area contributed by atoms with Crippen molar-refractivity contribution in [3.63, 3.8) is 0 Å². The van der Waals surface area contributed by atoms with Crippen molar-refractivity contribution in [2.45, 2.75) is 19.6 Å². The van der Waals surface area contributed by atoms with Crippen LogP contribution in [0, 0.1) is 0 Å². The van der Waals surface area contributed by atoms with E-state index in [1.165, 1.54) is 0 Å². The monoisotopic (exact) mass is 229 g/mol. The van der Waals surface area contributed by atoms with Gasteiger partial charge in [-0.2, -0.15) is 0 Å². The predicted molar refractivity (Wildman–Crippen MR) is 62.3 cm³/mol.